The van der Waals surface area contributed by atoms with Crippen molar-refractivity contribution in [3.63, 3.8) is 0 Å². The number of H-pyrrole nitrogens is 2. The smallest absolute Gasteiger partial charge is 0.280 e. The molecule has 0 bridgehead atoms. The molecule has 0 amide bonds. The Morgan fingerprint density at radius 2 is 1.18 bits per heavy atom. The Kier molecular flexibility index (Phi) is 9.66. The van der Waals surface area contributed by atoms with Crippen LogP contribution in [0.1, 0.15) is 13.8 Å². The highest BCUT2D eigenvalue weighted by atomic mass is 31.2. The van der Waals surface area contributed by atoms with Gasteiger partial charge in [0.2, 0.25) is 26.6 Å². The number of nitrogens with two attached hydrogens (primary N) is 2. The lowest BCUT2D eigenvalue weighted by Gasteiger charge is -2.15. The topological polar surface area (TPSA) is 272 Å². The zero-order valence-electron chi connectivity index (χ0n) is 22.2. The van der Waals surface area contributed by atoms with Crippen LogP contribution in [-0.4, -0.2) is 87.1 Å². The van der Waals surface area contributed by atoms with Gasteiger partial charge in [-0.25, -0.2) is 9.97 Å². The summed E-state index contributed by atoms with van der Waals surface area (Å²) in [5, 5.41) is 0. The molecule has 0 fully saturated rings. The van der Waals surface area contributed by atoms with Crippen LogP contribution in [0.15, 0.2) is 22.2 Å². The molecule has 0 aliphatic carbocycles. The van der Waals surface area contributed by atoms with Gasteiger partial charge in [0.05, 0.1) is 38.0 Å². The fourth-order valence-electron chi connectivity index (χ4n) is 3.40. The van der Waals surface area contributed by atoms with Gasteiger partial charge >= 0.3 is 0 Å². The summed E-state index contributed by atoms with van der Waals surface area (Å²) in [6.45, 7) is 6.64. The summed E-state index contributed by atoms with van der Waals surface area (Å²) in [4.78, 5) is 62.2. The first kappa shape index (κ1) is 31.1. The Hall–Kier alpha value is -3.40. The second-order valence-electron chi connectivity index (χ2n) is 9.36. The van der Waals surface area contributed by atoms with Crippen LogP contribution < -0.4 is 22.6 Å². The van der Waals surface area contributed by atoms with Crippen LogP contribution in [0.4, 0.5) is 11.9 Å². The van der Waals surface area contributed by atoms with E-state index in [2.05, 4.69) is 29.9 Å². The highest BCUT2D eigenvalue weighted by Crippen LogP contribution is 2.35. The van der Waals surface area contributed by atoms with E-state index in [0.29, 0.717) is 24.4 Å². The Morgan fingerprint density at radius 3 is 1.50 bits per heavy atom. The number of hydrogen-bond donors (Lipinski definition) is 6. The van der Waals surface area contributed by atoms with Crippen molar-refractivity contribution in [2.24, 2.45) is 0 Å². The van der Waals surface area contributed by atoms with Gasteiger partial charge in [-0.15, -0.1) is 0 Å². The fraction of sp³-hybridized carbons (Fsp3) is 0.500. The number of aromatic amines is 2. The predicted molar refractivity (Wildman–Crippen MR) is 147 cm³/mol. The van der Waals surface area contributed by atoms with Crippen molar-refractivity contribution in [1.82, 2.24) is 39.0 Å². The van der Waals surface area contributed by atoms with E-state index < -0.39 is 25.9 Å². The third-order valence-corrected chi connectivity index (χ3v) is 6.35. The lowest BCUT2D eigenvalue weighted by molar-refractivity contribution is 0.0829. The average molecular weight is 602 g/mol. The number of rotatable bonds is 10. The van der Waals surface area contributed by atoms with Gasteiger partial charge in [-0.2, -0.15) is 9.97 Å². The van der Waals surface area contributed by atoms with Crippen LogP contribution in [0.25, 0.3) is 22.3 Å². The number of ether oxygens (including phenoxy) is 2. The van der Waals surface area contributed by atoms with E-state index in [1.165, 1.54) is 26.0 Å². The quantitative estimate of drug-likeness (QED) is 0.130. The summed E-state index contributed by atoms with van der Waals surface area (Å²) >= 11 is 0. The van der Waals surface area contributed by atoms with Crippen LogP contribution in [0.2, 0.25) is 0 Å². The number of nitrogen functional groups attached to an aromatic ring is 2. The summed E-state index contributed by atoms with van der Waals surface area (Å²) in [6, 6.07) is 0. The first-order chi connectivity index (χ1) is 18.5. The monoisotopic (exact) mass is 602 g/mol. The SMILES string of the molecule is C[C@H](Cn1cnc2c(=O)[nH]c(N)nc21)OCP(C)(=O)O.C[C@H](Cn1cnc2c(=O)[nH]c(N)nc21)OCP(C)(=O)O. The molecule has 0 saturated carbocycles. The lowest BCUT2D eigenvalue weighted by atomic mass is 10.4. The molecule has 18 nitrogen and oxygen atoms in total. The first-order valence-corrected chi connectivity index (χ1v) is 16.3. The van der Waals surface area contributed by atoms with Gasteiger partial charge in [-0.3, -0.25) is 28.7 Å². The molecule has 4 heterocycles. The summed E-state index contributed by atoms with van der Waals surface area (Å²) < 4.78 is 36.1. The van der Waals surface area contributed by atoms with Crippen LogP contribution in [0.5, 0.6) is 0 Å². The molecule has 4 aromatic rings. The van der Waals surface area contributed by atoms with Crippen LogP contribution in [0, 0.1) is 0 Å². The Morgan fingerprint density at radius 1 is 0.825 bits per heavy atom. The number of anilines is 2. The summed E-state index contributed by atoms with van der Waals surface area (Å²) in [5.74, 6) is 0.0116. The lowest BCUT2D eigenvalue weighted by Crippen LogP contribution is -2.18. The molecule has 0 aliphatic rings. The minimum Gasteiger partial charge on any atom is -0.369 e. The minimum atomic E-state index is -3.21. The van der Waals surface area contributed by atoms with E-state index in [-0.39, 0.29) is 47.8 Å². The Labute approximate surface area is 226 Å². The van der Waals surface area contributed by atoms with Crippen LogP contribution >= 0.6 is 14.7 Å². The second-order valence-corrected chi connectivity index (χ2v) is 14.1. The molecule has 0 aromatic carbocycles. The van der Waals surface area contributed by atoms with Gasteiger partial charge in [0.25, 0.3) is 11.1 Å². The van der Waals surface area contributed by atoms with E-state index in [9.17, 15) is 28.5 Å². The molecular formula is C20H32N10O8P2. The molecule has 0 radical (unpaired) electrons. The van der Waals surface area contributed by atoms with Gasteiger partial charge < -0.3 is 39.9 Å². The maximum Gasteiger partial charge on any atom is 0.280 e. The molecule has 0 spiro atoms. The van der Waals surface area contributed by atoms with E-state index in [4.69, 9.17) is 20.9 Å². The van der Waals surface area contributed by atoms with Crippen molar-refractivity contribution < 1.29 is 28.4 Å². The summed E-state index contributed by atoms with van der Waals surface area (Å²) in [7, 11) is -6.42. The van der Waals surface area contributed by atoms with Gasteiger partial charge in [0.1, 0.15) is 12.7 Å². The molecule has 4 aromatic heterocycles. The Balaban J connectivity index is 0.000000220. The van der Waals surface area contributed by atoms with Crippen molar-refractivity contribution in [2.75, 3.05) is 37.5 Å². The van der Waals surface area contributed by atoms with E-state index >= 15 is 0 Å². The molecule has 20 heteroatoms. The third kappa shape index (κ3) is 8.81. The number of fused-ring (bicyclic) bond motifs is 2. The standard InChI is InChI=1S/2C10H16N5O4P/c2*1-6(19-5-20(2,17)18)3-15-4-12-7-8(15)13-10(11)14-9(7)16/h2*4,6H,3,5H2,1-2H3,(H,17,18)(H3,11,13,14,16)/t2*6-/m11/s1. The maximum atomic E-state index is 11.6. The summed E-state index contributed by atoms with van der Waals surface area (Å²) in [6.07, 6.45) is 1.78. The highest BCUT2D eigenvalue weighted by molar-refractivity contribution is 7.57. The van der Waals surface area contributed by atoms with E-state index in [0.717, 1.165) is 0 Å². The molecule has 0 aliphatic heterocycles. The van der Waals surface area contributed by atoms with Gasteiger partial charge in [-0.05, 0) is 13.8 Å². The van der Waals surface area contributed by atoms with Crippen LogP contribution in [-0.2, 0) is 31.7 Å². The third-order valence-electron chi connectivity index (χ3n) is 5.09. The molecule has 8 N–H and O–H groups in total. The molecule has 0 saturated heterocycles. The van der Waals surface area contributed by atoms with Crippen molar-refractivity contribution in [3.8, 4) is 0 Å². The van der Waals surface area contributed by atoms with Crippen molar-refractivity contribution >= 4 is 49.0 Å². The molecular weight excluding hydrogens is 570 g/mol. The number of imidazole rings is 2. The number of nitrogens with zero attached hydrogens (tertiary/aromatic N) is 6. The highest BCUT2D eigenvalue weighted by Gasteiger charge is 2.17. The largest absolute Gasteiger partial charge is 0.369 e. The van der Waals surface area contributed by atoms with Gasteiger partial charge in [-0.1, -0.05) is 0 Å². The van der Waals surface area contributed by atoms with Crippen molar-refractivity contribution in [3.05, 3.63) is 33.4 Å². The van der Waals surface area contributed by atoms with Crippen molar-refractivity contribution in [2.45, 2.75) is 39.1 Å². The van der Waals surface area contributed by atoms with E-state index in [1.807, 2.05) is 0 Å². The normalized spacial score (nSPS) is 16.1. The zero-order chi connectivity index (χ0) is 29.8. The average Bonchev–Trinajstić information content (AvgIpc) is 3.40. The molecule has 2 unspecified atom stereocenters. The number of aromatic nitrogens is 8. The van der Waals surface area contributed by atoms with E-state index in [1.54, 1.807) is 23.0 Å². The fourth-order valence-corrected chi connectivity index (χ4v) is 4.46. The molecule has 4 atom stereocenters. The zero-order valence-corrected chi connectivity index (χ0v) is 24.0. The second kappa shape index (κ2) is 12.4. The number of hydrogen-bond acceptors (Lipinski definition) is 12. The first-order valence-electron chi connectivity index (χ1n) is 11.8. The molecule has 4 rings (SSSR count). The van der Waals surface area contributed by atoms with Gasteiger partial charge in [0.15, 0.2) is 22.3 Å². The van der Waals surface area contributed by atoms with Crippen LogP contribution in [0.3, 0.4) is 0 Å². The summed E-state index contributed by atoms with van der Waals surface area (Å²) in [5.41, 5.74) is 11.2. The molecule has 220 valence electrons. The minimum absolute atomic E-state index is 0.00578. The van der Waals surface area contributed by atoms with Gasteiger partial charge in [0, 0.05) is 13.3 Å². The number of nitrogens with one attached hydrogen (secondary N) is 2. The molecule has 40 heavy (non-hydrogen) atoms. The predicted octanol–water partition coefficient (Wildman–Crippen LogP) is -0.0708. The van der Waals surface area contributed by atoms with Crippen molar-refractivity contribution in [1.29, 1.82) is 0 Å². The maximum absolute atomic E-state index is 11.6. The Bertz CT molecular complexity index is 1560.